The summed E-state index contributed by atoms with van der Waals surface area (Å²) >= 11 is 0. The van der Waals surface area contributed by atoms with Crippen molar-refractivity contribution in [3.8, 4) is 0 Å². The van der Waals surface area contributed by atoms with Crippen molar-refractivity contribution in [2.45, 2.75) is 40.2 Å². The fraction of sp³-hybridized carbons (Fsp3) is 0.360. The van der Waals surface area contributed by atoms with Gasteiger partial charge in [-0.2, -0.15) is 0 Å². The van der Waals surface area contributed by atoms with E-state index >= 15 is 0 Å². The number of hydrogen-bond donors (Lipinski definition) is 0. The first-order valence-electron chi connectivity index (χ1n) is 10.4. The predicted molar refractivity (Wildman–Crippen MR) is 119 cm³/mol. The van der Waals surface area contributed by atoms with Crippen LogP contribution in [0.15, 0.2) is 78.4 Å². The normalized spacial score (nSPS) is 16.6. The van der Waals surface area contributed by atoms with E-state index in [0.717, 1.165) is 30.5 Å². The Bertz CT molecular complexity index is 889. The molecule has 1 atom stereocenters. The number of allylic oxidation sites excluding steroid dienone is 5. The molecule has 3 rings (SSSR count). The Morgan fingerprint density at radius 1 is 1.31 bits per heavy atom. The van der Waals surface area contributed by atoms with Crippen LogP contribution in [0.5, 0.6) is 0 Å². The zero-order valence-corrected chi connectivity index (χ0v) is 17.7. The third-order valence-electron chi connectivity index (χ3n) is 5.14. The highest BCUT2D eigenvalue weighted by Gasteiger charge is 2.16. The Morgan fingerprint density at radius 2 is 2.10 bits per heavy atom. The molecule has 0 radical (unpaired) electrons. The van der Waals surface area contributed by atoms with Gasteiger partial charge in [0.2, 0.25) is 0 Å². The molecule has 29 heavy (non-hydrogen) atoms. The van der Waals surface area contributed by atoms with E-state index in [2.05, 4.69) is 47.7 Å². The van der Waals surface area contributed by atoms with Gasteiger partial charge in [0, 0.05) is 37.6 Å². The zero-order valence-electron chi connectivity index (χ0n) is 17.7. The summed E-state index contributed by atoms with van der Waals surface area (Å²) < 4.78 is 2.05. The first-order valence-corrected chi connectivity index (χ1v) is 10.4. The molecule has 0 bridgehead atoms. The molecule has 152 valence electrons. The van der Waals surface area contributed by atoms with Crippen molar-refractivity contribution < 1.29 is 4.79 Å². The topological polar surface area (TPSA) is 38.1 Å². The average molecular weight is 390 g/mol. The summed E-state index contributed by atoms with van der Waals surface area (Å²) in [4.78, 5) is 19.2. The van der Waals surface area contributed by atoms with Gasteiger partial charge in [-0.05, 0) is 50.3 Å². The van der Waals surface area contributed by atoms with Gasteiger partial charge in [-0.3, -0.25) is 4.79 Å². The summed E-state index contributed by atoms with van der Waals surface area (Å²) in [7, 11) is 0. The van der Waals surface area contributed by atoms with Crippen molar-refractivity contribution >= 4 is 5.91 Å². The number of imidazole rings is 1. The third-order valence-corrected chi connectivity index (χ3v) is 5.14. The summed E-state index contributed by atoms with van der Waals surface area (Å²) in [5.74, 6) is 0.657. The Balaban J connectivity index is 1.71. The molecule has 1 aliphatic rings. The van der Waals surface area contributed by atoms with Gasteiger partial charge in [0.05, 0.1) is 6.33 Å². The Kier molecular flexibility index (Phi) is 7.23. The lowest BCUT2D eigenvalue weighted by Crippen LogP contribution is -2.34. The first-order chi connectivity index (χ1) is 14.0. The number of rotatable bonds is 8. The quantitative estimate of drug-likeness (QED) is 0.623. The highest BCUT2D eigenvalue weighted by molar-refractivity contribution is 5.94. The number of benzene rings is 1. The van der Waals surface area contributed by atoms with Crippen molar-refractivity contribution in [3.63, 3.8) is 0 Å². The Labute approximate surface area is 174 Å². The largest absolute Gasteiger partial charge is 0.337 e. The van der Waals surface area contributed by atoms with Gasteiger partial charge in [0.1, 0.15) is 0 Å². The fourth-order valence-electron chi connectivity index (χ4n) is 3.59. The highest BCUT2D eigenvalue weighted by atomic mass is 16.2. The van der Waals surface area contributed by atoms with E-state index in [9.17, 15) is 4.79 Å². The number of aryl methyl sites for hydroxylation is 2. The van der Waals surface area contributed by atoms with Gasteiger partial charge in [0.25, 0.3) is 5.91 Å². The van der Waals surface area contributed by atoms with Crippen LogP contribution in [0.3, 0.4) is 0 Å². The van der Waals surface area contributed by atoms with Crippen LogP contribution in [-0.4, -0.2) is 33.4 Å². The lowest BCUT2D eigenvalue weighted by molar-refractivity contribution is 0.0766. The van der Waals surface area contributed by atoms with Gasteiger partial charge in [-0.25, -0.2) is 4.98 Å². The lowest BCUT2D eigenvalue weighted by atomic mass is 9.97. The smallest absolute Gasteiger partial charge is 0.254 e. The molecule has 0 N–H and O–H groups in total. The second-order valence-electron chi connectivity index (χ2n) is 8.02. The molecule has 1 aromatic heterocycles. The van der Waals surface area contributed by atoms with Crippen molar-refractivity contribution in [1.29, 1.82) is 0 Å². The zero-order chi connectivity index (χ0) is 20.6. The minimum absolute atomic E-state index is 0.0879. The van der Waals surface area contributed by atoms with Crippen LogP contribution in [0.2, 0.25) is 0 Å². The molecule has 0 spiro atoms. The van der Waals surface area contributed by atoms with Crippen LogP contribution in [0.25, 0.3) is 0 Å². The van der Waals surface area contributed by atoms with Crippen LogP contribution in [0.1, 0.15) is 42.6 Å². The number of carbonyl (C=O) groups is 1. The van der Waals surface area contributed by atoms with E-state index in [0.29, 0.717) is 19.0 Å². The lowest BCUT2D eigenvalue weighted by Gasteiger charge is -2.24. The maximum Gasteiger partial charge on any atom is 0.254 e. The number of hydrogen-bond acceptors (Lipinski definition) is 2. The molecular weight excluding hydrogens is 358 g/mol. The number of nitrogens with zero attached hydrogens (tertiary/aromatic N) is 3. The molecule has 4 heteroatoms. The number of aromatic nitrogens is 2. The molecule has 1 aromatic carbocycles. The van der Waals surface area contributed by atoms with Crippen molar-refractivity contribution in [2.75, 3.05) is 13.1 Å². The Hall–Kier alpha value is -2.88. The van der Waals surface area contributed by atoms with Crippen molar-refractivity contribution in [1.82, 2.24) is 14.5 Å². The van der Waals surface area contributed by atoms with Gasteiger partial charge in [-0.15, -0.1) is 0 Å². The van der Waals surface area contributed by atoms with Crippen LogP contribution >= 0.6 is 0 Å². The fourth-order valence-corrected chi connectivity index (χ4v) is 3.59. The van der Waals surface area contributed by atoms with Crippen molar-refractivity contribution in [3.05, 3.63) is 89.6 Å². The standard InChI is InChI=1S/C25H31N3O/c1-20-8-10-24(11-9-20)25(29)28(14-5-13-27-15-12-26-19-27)18-22(3)17-23-7-4-6-21(2)16-23/h4,7-12,15-17,19,21H,5-6,13-14,18H2,1-3H3/b22-17+. The van der Waals surface area contributed by atoms with E-state index in [1.54, 1.807) is 6.20 Å². The highest BCUT2D eigenvalue weighted by Crippen LogP contribution is 2.18. The molecule has 0 saturated carbocycles. The number of amides is 1. The predicted octanol–water partition coefficient (Wildman–Crippen LogP) is 5.19. The summed E-state index contributed by atoms with van der Waals surface area (Å²) in [6.07, 6.45) is 16.5. The van der Waals surface area contributed by atoms with Gasteiger partial charge < -0.3 is 9.47 Å². The van der Waals surface area contributed by atoms with Crippen LogP contribution in [0, 0.1) is 12.8 Å². The summed E-state index contributed by atoms with van der Waals surface area (Å²) in [6.45, 7) is 8.58. The van der Waals surface area contributed by atoms with Crippen molar-refractivity contribution in [2.24, 2.45) is 5.92 Å². The van der Waals surface area contributed by atoms with E-state index in [-0.39, 0.29) is 5.91 Å². The molecule has 0 aliphatic heterocycles. The molecule has 0 saturated heterocycles. The minimum Gasteiger partial charge on any atom is -0.337 e. The van der Waals surface area contributed by atoms with E-state index in [1.165, 1.54) is 11.1 Å². The molecule has 1 amide bonds. The second-order valence-corrected chi connectivity index (χ2v) is 8.02. The summed E-state index contributed by atoms with van der Waals surface area (Å²) in [5, 5.41) is 0. The number of carbonyl (C=O) groups excluding carboxylic acids is 1. The van der Waals surface area contributed by atoms with Gasteiger partial charge in [-0.1, -0.05) is 54.5 Å². The van der Waals surface area contributed by atoms with Gasteiger partial charge in [0.15, 0.2) is 0 Å². The Morgan fingerprint density at radius 3 is 2.79 bits per heavy atom. The molecule has 1 aliphatic carbocycles. The second kappa shape index (κ2) is 10.1. The monoisotopic (exact) mass is 389 g/mol. The van der Waals surface area contributed by atoms with Crippen LogP contribution < -0.4 is 0 Å². The molecule has 0 fully saturated rings. The SMILES string of the molecule is C/C(=C\C1=CC(C)CC=C1)CN(CCCn1ccnc1)C(=O)c1ccc(C)cc1. The third kappa shape index (κ3) is 6.31. The van der Waals surface area contributed by atoms with Crippen LogP contribution in [-0.2, 0) is 6.54 Å². The average Bonchev–Trinajstić information content (AvgIpc) is 3.21. The minimum atomic E-state index is 0.0879. The molecular formula is C25H31N3O. The maximum atomic E-state index is 13.2. The molecule has 4 nitrogen and oxygen atoms in total. The molecule has 2 aromatic rings. The van der Waals surface area contributed by atoms with E-state index in [1.807, 2.05) is 48.6 Å². The maximum absolute atomic E-state index is 13.2. The van der Waals surface area contributed by atoms with E-state index in [4.69, 9.17) is 0 Å². The molecule has 1 heterocycles. The summed E-state index contributed by atoms with van der Waals surface area (Å²) in [5.41, 5.74) is 4.34. The van der Waals surface area contributed by atoms with Crippen LogP contribution in [0.4, 0.5) is 0 Å². The van der Waals surface area contributed by atoms with Gasteiger partial charge >= 0.3 is 0 Å². The molecule has 1 unspecified atom stereocenters. The first kappa shape index (κ1) is 20.8. The van der Waals surface area contributed by atoms with E-state index < -0.39 is 0 Å². The summed E-state index contributed by atoms with van der Waals surface area (Å²) in [6, 6.07) is 7.85.